The van der Waals surface area contributed by atoms with Crippen molar-refractivity contribution < 1.29 is 14.0 Å². The number of amides is 3. The van der Waals surface area contributed by atoms with E-state index >= 15 is 0 Å². The number of rotatable bonds is 5. The third-order valence-electron chi connectivity index (χ3n) is 2.76. The van der Waals surface area contributed by atoms with Crippen molar-refractivity contribution in [3.8, 4) is 11.3 Å². The standard InChI is InChI=1S/C15H17N3O3S/c1-3-16-14(20)18-13(19)10(2)22-15-17-9-12(21-15)11-7-5-4-6-8-11/h4-10H,3H2,1-2H3,(H2,16,18,19,20). The molecule has 22 heavy (non-hydrogen) atoms. The zero-order valence-corrected chi connectivity index (χ0v) is 13.1. The van der Waals surface area contributed by atoms with Crippen molar-refractivity contribution in [1.82, 2.24) is 15.6 Å². The first-order valence-electron chi connectivity index (χ1n) is 6.86. The van der Waals surface area contributed by atoms with Gasteiger partial charge >= 0.3 is 6.03 Å². The number of carbonyl (C=O) groups excluding carboxylic acids is 2. The summed E-state index contributed by atoms with van der Waals surface area (Å²) in [5, 5.41) is 4.65. The van der Waals surface area contributed by atoms with E-state index in [9.17, 15) is 9.59 Å². The molecular formula is C15H17N3O3S. The fourth-order valence-electron chi connectivity index (χ4n) is 1.67. The molecule has 2 N–H and O–H groups in total. The number of nitrogens with one attached hydrogen (secondary N) is 2. The second-order valence-corrected chi connectivity index (χ2v) is 5.76. The summed E-state index contributed by atoms with van der Waals surface area (Å²) in [6.07, 6.45) is 1.62. The van der Waals surface area contributed by atoms with E-state index in [0.29, 0.717) is 17.5 Å². The van der Waals surface area contributed by atoms with Crippen LogP contribution >= 0.6 is 11.8 Å². The number of aromatic nitrogens is 1. The first-order valence-corrected chi connectivity index (χ1v) is 7.74. The molecule has 0 fully saturated rings. The summed E-state index contributed by atoms with van der Waals surface area (Å²) < 4.78 is 5.61. The van der Waals surface area contributed by atoms with Gasteiger partial charge in [-0.05, 0) is 13.8 Å². The van der Waals surface area contributed by atoms with E-state index in [2.05, 4.69) is 15.6 Å². The van der Waals surface area contributed by atoms with E-state index in [4.69, 9.17) is 4.42 Å². The Bertz CT molecular complexity index is 642. The number of urea groups is 1. The molecule has 0 aliphatic carbocycles. The molecule has 0 saturated heterocycles. The normalized spacial score (nSPS) is 11.7. The van der Waals surface area contributed by atoms with E-state index in [-0.39, 0.29) is 0 Å². The lowest BCUT2D eigenvalue weighted by Crippen LogP contribution is -2.42. The van der Waals surface area contributed by atoms with E-state index in [1.54, 1.807) is 20.0 Å². The Morgan fingerprint density at radius 2 is 2.05 bits per heavy atom. The van der Waals surface area contributed by atoms with E-state index in [1.165, 1.54) is 0 Å². The Morgan fingerprint density at radius 1 is 1.32 bits per heavy atom. The molecule has 6 nitrogen and oxygen atoms in total. The van der Waals surface area contributed by atoms with Crippen LogP contribution in [0, 0.1) is 0 Å². The highest BCUT2D eigenvalue weighted by Crippen LogP contribution is 2.27. The van der Waals surface area contributed by atoms with Crippen LogP contribution in [0.25, 0.3) is 11.3 Å². The first kappa shape index (κ1) is 16.1. The highest BCUT2D eigenvalue weighted by Gasteiger charge is 2.19. The number of oxazole rings is 1. The molecular weight excluding hydrogens is 302 g/mol. The zero-order valence-electron chi connectivity index (χ0n) is 12.3. The smallest absolute Gasteiger partial charge is 0.321 e. The number of hydrogen-bond acceptors (Lipinski definition) is 5. The summed E-state index contributed by atoms with van der Waals surface area (Å²) in [6.45, 7) is 3.92. The van der Waals surface area contributed by atoms with Crippen LogP contribution in [0.4, 0.5) is 4.79 Å². The van der Waals surface area contributed by atoms with Crippen LogP contribution in [0.3, 0.4) is 0 Å². The summed E-state index contributed by atoms with van der Waals surface area (Å²) in [5.74, 6) is 0.245. The minimum absolute atomic E-state index is 0.386. The summed E-state index contributed by atoms with van der Waals surface area (Å²) >= 11 is 1.16. The lowest BCUT2D eigenvalue weighted by molar-refractivity contribution is -0.119. The third kappa shape index (κ3) is 4.36. The van der Waals surface area contributed by atoms with Crippen molar-refractivity contribution in [1.29, 1.82) is 0 Å². The zero-order chi connectivity index (χ0) is 15.9. The molecule has 1 atom stereocenters. The topological polar surface area (TPSA) is 84.2 Å². The minimum Gasteiger partial charge on any atom is -0.431 e. The Hall–Kier alpha value is -2.28. The van der Waals surface area contributed by atoms with E-state index in [0.717, 1.165) is 17.3 Å². The highest BCUT2D eigenvalue weighted by atomic mass is 32.2. The van der Waals surface area contributed by atoms with Gasteiger partial charge in [0.15, 0.2) is 5.76 Å². The SMILES string of the molecule is CCNC(=O)NC(=O)C(C)Sc1ncc(-c2ccccc2)o1. The quantitative estimate of drug-likeness (QED) is 0.828. The minimum atomic E-state index is -0.502. The van der Waals surface area contributed by atoms with Gasteiger partial charge in [-0.25, -0.2) is 9.78 Å². The number of benzene rings is 1. The molecule has 2 aromatic rings. The van der Waals surface area contributed by atoms with Gasteiger partial charge in [0.05, 0.1) is 11.4 Å². The molecule has 1 aromatic carbocycles. The maximum Gasteiger partial charge on any atom is 0.321 e. The average Bonchev–Trinajstić information content (AvgIpc) is 2.96. The number of nitrogens with zero attached hydrogens (tertiary/aromatic N) is 1. The fourth-order valence-corrected chi connectivity index (χ4v) is 2.39. The molecule has 116 valence electrons. The monoisotopic (exact) mass is 319 g/mol. The molecule has 0 aliphatic rings. The van der Waals surface area contributed by atoms with Crippen LogP contribution in [0.1, 0.15) is 13.8 Å². The molecule has 3 amide bonds. The van der Waals surface area contributed by atoms with Gasteiger partial charge in [-0.2, -0.15) is 0 Å². The van der Waals surface area contributed by atoms with Gasteiger partial charge < -0.3 is 9.73 Å². The van der Waals surface area contributed by atoms with Crippen LogP contribution < -0.4 is 10.6 Å². The summed E-state index contributed by atoms with van der Waals surface area (Å²) in [6, 6.07) is 9.07. The highest BCUT2D eigenvalue weighted by molar-refractivity contribution is 8.00. The number of carbonyl (C=O) groups is 2. The molecule has 0 bridgehead atoms. The van der Waals surface area contributed by atoms with Crippen LogP contribution in [-0.4, -0.2) is 28.7 Å². The maximum absolute atomic E-state index is 11.8. The second kappa shape index (κ2) is 7.65. The molecule has 7 heteroatoms. The van der Waals surface area contributed by atoms with Gasteiger partial charge in [-0.1, -0.05) is 42.1 Å². The fraction of sp³-hybridized carbons (Fsp3) is 0.267. The molecule has 1 aromatic heterocycles. The van der Waals surface area contributed by atoms with Crippen LogP contribution in [0.15, 0.2) is 46.2 Å². The molecule has 0 spiro atoms. The third-order valence-corrected chi connectivity index (χ3v) is 3.72. The molecule has 1 heterocycles. The van der Waals surface area contributed by atoms with Gasteiger partial charge in [0, 0.05) is 12.1 Å². The molecule has 0 aliphatic heterocycles. The first-order chi connectivity index (χ1) is 10.6. The molecule has 1 unspecified atom stereocenters. The summed E-state index contributed by atoms with van der Waals surface area (Å²) in [4.78, 5) is 27.3. The number of thioether (sulfide) groups is 1. The van der Waals surface area contributed by atoms with Crippen molar-refractivity contribution >= 4 is 23.7 Å². The Balaban J connectivity index is 1.95. The Labute approximate surface area is 132 Å². The lowest BCUT2D eigenvalue weighted by atomic mass is 10.2. The Morgan fingerprint density at radius 3 is 2.73 bits per heavy atom. The molecule has 0 saturated carbocycles. The van der Waals surface area contributed by atoms with Crippen molar-refractivity contribution in [2.24, 2.45) is 0 Å². The van der Waals surface area contributed by atoms with Gasteiger partial charge in [-0.3, -0.25) is 10.1 Å². The predicted octanol–water partition coefficient (Wildman–Crippen LogP) is 2.67. The van der Waals surface area contributed by atoms with Crippen LogP contribution in [0.2, 0.25) is 0 Å². The van der Waals surface area contributed by atoms with Crippen molar-refractivity contribution in [3.63, 3.8) is 0 Å². The van der Waals surface area contributed by atoms with Gasteiger partial charge in [0.1, 0.15) is 0 Å². The summed E-state index contributed by atoms with van der Waals surface area (Å²) in [7, 11) is 0. The number of hydrogen-bond donors (Lipinski definition) is 2. The van der Waals surface area contributed by atoms with Crippen molar-refractivity contribution in [2.45, 2.75) is 24.3 Å². The average molecular weight is 319 g/mol. The molecule has 0 radical (unpaired) electrons. The summed E-state index contributed by atoms with van der Waals surface area (Å²) in [5.41, 5.74) is 0.918. The van der Waals surface area contributed by atoms with Gasteiger partial charge in [0.2, 0.25) is 5.91 Å². The molecule has 2 rings (SSSR count). The van der Waals surface area contributed by atoms with Crippen LogP contribution in [-0.2, 0) is 4.79 Å². The Kier molecular flexibility index (Phi) is 5.60. The van der Waals surface area contributed by atoms with E-state index < -0.39 is 17.2 Å². The lowest BCUT2D eigenvalue weighted by Gasteiger charge is -2.09. The van der Waals surface area contributed by atoms with Crippen molar-refractivity contribution in [2.75, 3.05) is 6.54 Å². The second-order valence-electron chi connectivity index (χ2n) is 4.47. The van der Waals surface area contributed by atoms with Crippen LogP contribution in [0.5, 0.6) is 0 Å². The van der Waals surface area contributed by atoms with Crippen molar-refractivity contribution in [3.05, 3.63) is 36.5 Å². The maximum atomic E-state index is 11.8. The van der Waals surface area contributed by atoms with Gasteiger partial charge in [0.25, 0.3) is 5.22 Å². The van der Waals surface area contributed by atoms with E-state index in [1.807, 2.05) is 30.3 Å². The largest absolute Gasteiger partial charge is 0.431 e. The predicted molar refractivity (Wildman–Crippen MR) is 84.5 cm³/mol. The number of imide groups is 1. The van der Waals surface area contributed by atoms with Gasteiger partial charge in [-0.15, -0.1) is 0 Å².